The summed E-state index contributed by atoms with van der Waals surface area (Å²) in [6, 6.07) is 5.73. The van der Waals surface area contributed by atoms with E-state index in [1.807, 2.05) is 18.2 Å². The first-order valence-corrected chi connectivity index (χ1v) is 7.48. The smallest absolute Gasteiger partial charge is 0.123 e. The van der Waals surface area contributed by atoms with Crippen LogP contribution in [0.25, 0.3) is 0 Å². The number of hydrogen-bond acceptors (Lipinski definition) is 1. The molecule has 1 aromatic carbocycles. The van der Waals surface area contributed by atoms with Crippen molar-refractivity contribution in [3.63, 3.8) is 0 Å². The molecule has 3 heteroatoms. The second-order valence-corrected chi connectivity index (χ2v) is 6.53. The minimum atomic E-state index is 0.0361. The van der Waals surface area contributed by atoms with Crippen LogP contribution in [0.2, 0.25) is 5.02 Å². The SMILES string of the molecule is COc1ccc(Cl)cc1C(Cl)C1CC2CCC1C2. The molecule has 2 fully saturated rings. The summed E-state index contributed by atoms with van der Waals surface area (Å²) in [5.41, 5.74) is 1.06. The molecule has 0 radical (unpaired) electrons. The molecule has 0 spiro atoms. The predicted octanol–water partition coefficient (Wildman–Crippen LogP) is 5.06. The average Bonchev–Trinajstić information content (AvgIpc) is 3.00. The molecule has 2 saturated carbocycles. The maximum atomic E-state index is 6.72. The summed E-state index contributed by atoms with van der Waals surface area (Å²) in [6.07, 6.45) is 5.39. The highest BCUT2D eigenvalue weighted by Gasteiger charge is 2.43. The van der Waals surface area contributed by atoms with E-state index in [-0.39, 0.29) is 5.38 Å². The van der Waals surface area contributed by atoms with Gasteiger partial charge in [0.2, 0.25) is 0 Å². The van der Waals surface area contributed by atoms with Gasteiger partial charge in [-0.3, -0.25) is 0 Å². The molecule has 0 aliphatic heterocycles. The van der Waals surface area contributed by atoms with E-state index in [0.29, 0.717) is 5.92 Å². The third-order valence-corrected chi connectivity index (χ3v) is 5.45. The molecule has 1 nitrogen and oxygen atoms in total. The predicted molar refractivity (Wildman–Crippen MR) is 75.5 cm³/mol. The van der Waals surface area contributed by atoms with Crippen LogP contribution >= 0.6 is 23.2 Å². The van der Waals surface area contributed by atoms with Crippen LogP contribution in [0.3, 0.4) is 0 Å². The zero-order chi connectivity index (χ0) is 12.7. The van der Waals surface area contributed by atoms with Gasteiger partial charge < -0.3 is 4.74 Å². The Kier molecular flexibility index (Phi) is 3.46. The molecule has 2 bridgehead atoms. The largest absolute Gasteiger partial charge is 0.496 e. The lowest BCUT2D eigenvalue weighted by atomic mass is 9.83. The fraction of sp³-hybridized carbons (Fsp3) is 0.600. The van der Waals surface area contributed by atoms with Gasteiger partial charge in [-0.2, -0.15) is 0 Å². The highest BCUT2D eigenvalue weighted by Crippen LogP contribution is 2.55. The topological polar surface area (TPSA) is 9.23 Å². The fourth-order valence-corrected chi connectivity index (χ4v) is 4.46. The number of rotatable bonds is 3. The number of benzene rings is 1. The number of hydrogen-bond donors (Lipinski definition) is 0. The molecule has 4 atom stereocenters. The van der Waals surface area contributed by atoms with Crippen molar-refractivity contribution in [3.8, 4) is 5.75 Å². The van der Waals surface area contributed by atoms with Crippen molar-refractivity contribution < 1.29 is 4.74 Å². The van der Waals surface area contributed by atoms with E-state index in [9.17, 15) is 0 Å². The number of fused-ring (bicyclic) bond motifs is 2. The first-order valence-electron chi connectivity index (χ1n) is 6.66. The monoisotopic (exact) mass is 284 g/mol. The lowest BCUT2D eigenvalue weighted by molar-refractivity contribution is 0.317. The molecular formula is C15H18Cl2O. The van der Waals surface area contributed by atoms with Crippen LogP contribution in [0, 0.1) is 17.8 Å². The molecule has 0 N–H and O–H groups in total. The van der Waals surface area contributed by atoms with Crippen LogP contribution in [0.1, 0.15) is 36.6 Å². The van der Waals surface area contributed by atoms with E-state index < -0.39 is 0 Å². The van der Waals surface area contributed by atoms with Gasteiger partial charge >= 0.3 is 0 Å². The second-order valence-electron chi connectivity index (χ2n) is 5.63. The zero-order valence-electron chi connectivity index (χ0n) is 10.5. The molecule has 2 aliphatic rings. The Hall–Kier alpha value is -0.400. The van der Waals surface area contributed by atoms with Crippen molar-refractivity contribution in [2.75, 3.05) is 7.11 Å². The lowest BCUT2D eigenvalue weighted by Gasteiger charge is -2.27. The first-order chi connectivity index (χ1) is 8.69. The maximum absolute atomic E-state index is 6.72. The van der Waals surface area contributed by atoms with Gasteiger partial charge in [0.25, 0.3) is 0 Å². The minimum Gasteiger partial charge on any atom is -0.496 e. The summed E-state index contributed by atoms with van der Waals surface area (Å²) in [4.78, 5) is 0. The quantitative estimate of drug-likeness (QED) is 0.705. The summed E-state index contributed by atoms with van der Waals surface area (Å²) in [6.45, 7) is 0. The van der Waals surface area contributed by atoms with E-state index in [1.54, 1.807) is 7.11 Å². The first kappa shape index (κ1) is 12.6. The number of halogens is 2. The molecule has 0 saturated heterocycles. The highest BCUT2D eigenvalue weighted by atomic mass is 35.5. The van der Waals surface area contributed by atoms with Gasteiger partial charge in [0.05, 0.1) is 12.5 Å². The summed E-state index contributed by atoms with van der Waals surface area (Å²) < 4.78 is 5.42. The Bertz CT molecular complexity index is 446. The van der Waals surface area contributed by atoms with Crippen LogP contribution in [0.5, 0.6) is 5.75 Å². The van der Waals surface area contributed by atoms with Crippen LogP contribution in [-0.4, -0.2) is 7.11 Å². The molecule has 18 heavy (non-hydrogen) atoms. The Morgan fingerprint density at radius 3 is 2.72 bits per heavy atom. The van der Waals surface area contributed by atoms with Gasteiger partial charge in [-0.25, -0.2) is 0 Å². The average molecular weight is 285 g/mol. The Morgan fingerprint density at radius 2 is 2.11 bits per heavy atom. The van der Waals surface area contributed by atoms with E-state index in [4.69, 9.17) is 27.9 Å². The fourth-order valence-electron chi connectivity index (χ4n) is 3.80. The van der Waals surface area contributed by atoms with Crippen molar-refractivity contribution in [1.29, 1.82) is 0 Å². The number of methoxy groups -OCH3 is 1. The Morgan fingerprint density at radius 1 is 1.28 bits per heavy atom. The zero-order valence-corrected chi connectivity index (χ0v) is 12.0. The van der Waals surface area contributed by atoms with Crippen molar-refractivity contribution >= 4 is 23.2 Å². The highest BCUT2D eigenvalue weighted by molar-refractivity contribution is 6.31. The van der Waals surface area contributed by atoms with Gasteiger partial charge in [0.15, 0.2) is 0 Å². The van der Waals surface area contributed by atoms with Crippen LogP contribution < -0.4 is 4.74 Å². The third kappa shape index (κ3) is 2.12. The molecule has 4 unspecified atom stereocenters. The molecule has 1 aromatic rings. The summed E-state index contributed by atoms with van der Waals surface area (Å²) in [7, 11) is 1.69. The summed E-state index contributed by atoms with van der Waals surface area (Å²) >= 11 is 12.8. The van der Waals surface area contributed by atoms with Gasteiger partial charge in [0, 0.05) is 10.6 Å². The molecule has 2 aliphatic carbocycles. The Balaban J connectivity index is 1.87. The lowest BCUT2D eigenvalue weighted by Crippen LogP contribution is -2.16. The molecule has 0 aromatic heterocycles. The van der Waals surface area contributed by atoms with Crippen molar-refractivity contribution in [2.45, 2.75) is 31.1 Å². The summed E-state index contributed by atoms with van der Waals surface area (Å²) in [5.74, 6) is 3.17. The number of ether oxygens (including phenoxy) is 1. The van der Waals surface area contributed by atoms with Gasteiger partial charge in [0.1, 0.15) is 5.75 Å². The molecule has 3 rings (SSSR count). The maximum Gasteiger partial charge on any atom is 0.123 e. The van der Waals surface area contributed by atoms with E-state index >= 15 is 0 Å². The van der Waals surface area contributed by atoms with Crippen LogP contribution in [0.15, 0.2) is 18.2 Å². The van der Waals surface area contributed by atoms with E-state index in [2.05, 4.69) is 0 Å². The summed E-state index contributed by atoms with van der Waals surface area (Å²) in [5, 5.41) is 0.772. The van der Waals surface area contributed by atoms with E-state index in [0.717, 1.165) is 28.2 Å². The van der Waals surface area contributed by atoms with Crippen LogP contribution in [0.4, 0.5) is 0 Å². The van der Waals surface area contributed by atoms with Crippen molar-refractivity contribution in [3.05, 3.63) is 28.8 Å². The van der Waals surface area contributed by atoms with E-state index in [1.165, 1.54) is 25.7 Å². The third-order valence-electron chi connectivity index (χ3n) is 4.66. The molecule has 0 amide bonds. The number of alkyl halides is 1. The normalized spacial score (nSPS) is 31.6. The standard InChI is InChI=1S/C15H18Cl2O/c1-18-14-5-4-11(16)8-13(14)15(17)12-7-9-2-3-10(12)6-9/h4-5,8-10,12,15H,2-3,6-7H2,1H3. The van der Waals surface area contributed by atoms with Crippen molar-refractivity contribution in [1.82, 2.24) is 0 Å². The van der Waals surface area contributed by atoms with Gasteiger partial charge in [-0.05, 0) is 55.2 Å². The minimum absolute atomic E-state index is 0.0361. The molecule has 0 heterocycles. The van der Waals surface area contributed by atoms with Gasteiger partial charge in [-0.1, -0.05) is 18.0 Å². The van der Waals surface area contributed by atoms with Crippen LogP contribution in [-0.2, 0) is 0 Å². The van der Waals surface area contributed by atoms with Crippen molar-refractivity contribution in [2.24, 2.45) is 17.8 Å². The molecule has 98 valence electrons. The Labute approximate surface area is 118 Å². The van der Waals surface area contributed by atoms with Gasteiger partial charge in [-0.15, -0.1) is 11.6 Å². The molecular weight excluding hydrogens is 267 g/mol. The second kappa shape index (κ2) is 4.94.